The van der Waals surface area contributed by atoms with E-state index in [0.717, 1.165) is 55.6 Å². The molecule has 35 heavy (non-hydrogen) atoms. The van der Waals surface area contributed by atoms with E-state index < -0.39 is 11.0 Å². The van der Waals surface area contributed by atoms with Gasteiger partial charge in [0, 0.05) is 50.9 Å². The maximum Gasteiger partial charge on any atom is 0.407 e. The van der Waals surface area contributed by atoms with Crippen LogP contribution in [0.2, 0.25) is 0 Å². The van der Waals surface area contributed by atoms with Crippen molar-refractivity contribution in [3.05, 3.63) is 51.2 Å². The predicted molar refractivity (Wildman–Crippen MR) is 134 cm³/mol. The number of hydrogen-bond acceptors (Lipinski definition) is 7. The van der Waals surface area contributed by atoms with Crippen molar-refractivity contribution in [2.24, 2.45) is 5.92 Å². The van der Waals surface area contributed by atoms with Gasteiger partial charge in [-0.05, 0) is 62.8 Å². The number of aromatic nitrogens is 2. The van der Waals surface area contributed by atoms with E-state index >= 15 is 0 Å². The van der Waals surface area contributed by atoms with E-state index in [4.69, 9.17) is 9.97 Å². The number of amides is 1. The summed E-state index contributed by atoms with van der Waals surface area (Å²) in [5.74, 6) is 1.99. The molecule has 1 amide bonds. The lowest BCUT2D eigenvalue weighted by Gasteiger charge is -2.32. The Bertz CT molecular complexity index is 1050. The zero-order valence-electron chi connectivity index (χ0n) is 20.4. The number of carboxylic acid groups (broad SMARTS) is 1. The Hall–Kier alpha value is -3.43. The molecule has 1 saturated carbocycles. The van der Waals surface area contributed by atoms with Crippen LogP contribution in [0.15, 0.2) is 24.3 Å². The van der Waals surface area contributed by atoms with E-state index in [1.54, 1.807) is 12.1 Å². The summed E-state index contributed by atoms with van der Waals surface area (Å²) in [6.07, 6.45) is 7.14. The molecule has 0 radical (unpaired) electrons. The Morgan fingerprint density at radius 3 is 2.43 bits per heavy atom. The molecule has 1 aromatic heterocycles. The van der Waals surface area contributed by atoms with E-state index in [0.29, 0.717) is 12.5 Å². The maximum absolute atomic E-state index is 11.8. The lowest BCUT2D eigenvalue weighted by atomic mass is 9.85. The molecule has 4 rings (SSSR count). The Kier molecular flexibility index (Phi) is 7.67. The summed E-state index contributed by atoms with van der Waals surface area (Å²) in [4.78, 5) is 35.4. The first-order chi connectivity index (χ1) is 16.8. The molecule has 0 unspecified atom stereocenters. The Morgan fingerprint density at radius 2 is 1.80 bits per heavy atom. The van der Waals surface area contributed by atoms with E-state index in [1.807, 2.05) is 14.1 Å². The van der Waals surface area contributed by atoms with Gasteiger partial charge in [-0.1, -0.05) is 12.1 Å². The average molecular weight is 483 g/mol. The van der Waals surface area contributed by atoms with Gasteiger partial charge < -0.3 is 20.2 Å². The molecule has 0 aliphatic heterocycles. The number of nitrogens with zero attached hydrogens (tertiary/aromatic N) is 5. The Morgan fingerprint density at radius 1 is 1.11 bits per heavy atom. The van der Waals surface area contributed by atoms with Gasteiger partial charge in [0.2, 0.25) is 5.95 Å². The number of fused-ring (bicyclic) bond motifs is 1. The number of benzene rings is 1. The number of aryl methyl sites for hydroxylation is 1. The monoisotopic (exact) mass is 482 g/mol. The van der Waals surface area contributed by atoms with Crippen molar-refractivity contribution in [1.29, 1.82) is 0 Å². The summed E-state index contributed by atoms with van der Waals surface area (Å²) in [6, 6.07) is 6.34. The molecule has 0 saturated heterocycles. The van der Waals surface area contributed by atoms with Crippen molar-refractivity contribution in [2.45, 2.75) is 64.0 Å². The Labute approximate surface area is 205 Å². The number of nitro groups is 1. The fourth-order valence-corrected chi connectivity index (χ4v) is 5.15. The van der Waals surface area contributed by atoms with Crippen LogP contribution in [-0.4, -0.2) is 57.7 Å². The summed E-state index contributed by atoms with van der Waals surface area (Å²) in [5.41, 5.74) is 3.18. The van der Waals surface area contributed by atoms with Crippen LogP contribution in [0.1, 0.15) is 55.3 Å². The van der Waals surface area contributed by atoms with Crippen molar-refractivity contribution in [3.63, 3.8) is 0 Å². The fourth-order valence-electron chi connectivity index (χ4n) is 5.15. The second-order valence-corrected chi connectivity index (χ2v) is 9.85. The zero-order valence-corrected chi connectivity index (χ0v) is 20.4. The number of nitrogens with one attached hydrogen (secondary N) is 1. The second-order valence-electron chi connectivity index (χ2n) is 9.85. The zero-order chi connectivity index (χ0) is 24.9. The number of nitro benzene ring substituents is 1. The molecule has 2 aliphatic carbocycles. The SMILES string of the molecule is CN(C)c1nc(NC2CCC(CN(Cc3ccc([N+](=O)[O-])cc3)C(=O)O)CC2)nc2c1CCCC2. The predicted octanol–water partition coefficient (Wildman–Crippen LogP) is 4.48. The lowest BCUT2D eigenvalue weighted by molar-refractivity contribution is -0.384. The molecule has 2 aromatic rings. The van der Waals surface area contributed by atoms with Crippen LogP contribution in [0.5, 0.6) is 0 Å². The van der Waals surface area contributed by atoms with Crippen LogP contribution in [0.25, 0.3) is 0 Å². The summed E-state index contributed by atoms with van der Waals surface area (Å²) in [6.45, 7) is 0.681. The minimum Gasteiger partial charge on any atom is -0.465 e. The molecule has 1 aromatic carbocycles. The van der Waals surface area contributed by atoms with Crippen LogP contribution >= 0.6 is 0 Å². The van der Waals surface area contributed by atoms with Gasteiger partial charge in [-0.15, -0.1) is 0 Å². The molecule has 188 valence electrons. The van der Waals surface area contributed by atoms with Crippen molar-refractivity contribution >= 4 is 23.5 Å². The van der Waals surface area contributed by atoms with Crippen LogP contribution in [-0.2, 0) is 19.4 Å². The van der Waals surface area contributed by atoms with Crippen LogP contribution in [0.3, 0.4) is 0 Å². The smallest absolute Gasteiger partial charge is 0.407 e. The standard InChI is InChI=1S/C25H34N6O4/c1-29(2)23-21-5-3-4-6-22(21)27-24(28-23)26-19-11-7-17(8-12-19)15-30(25(32)33)16-18-9-13-20(14-10-18)31(34)35/h9-10,13-14,17,19H,3-8,11-12,15-16H2,1-2H3,(H,32,33)(H,26,27,28). The van der Waals surface area contributed by atoms with Crippen LogP contribution in [0, 0.1) is 16.0 Å². The molecular formula is C25H34N6O4. The first-order valence-electron chi connectivity index (χ1n) is 12.3. The number of non-ortho nitro benzene ring substituents is 1. The van der Waals surface area contributed by atoms with Gasteiger partial charge in [-0.2, -0.15) is 4.98 Å². The third-order valence-electron chi connectivity index (χ3n) is 7.03. The highest BCUT2D eigenvalue weighted by atomic mass is 16.6. The highest BCUT2D eigenvalue weighted by Crippen LogP contribution is 2.31. The van der Waals surface area contributed by atoms with Gasteiger partial charge in [-0.3, -0.25) is 10.1 Å². The van der Waals surface area contributed by atoms with Gasteiger partial charge in [0.25, 0.3) is 5.69 Å². The molecule has 0 atom stereocenters. The molecule has 0 spiro atoms. The summed E-state index contributed by atoms with van der Waals surface area (Å²) >= 11 is 0. The minimum absolute atomic E-state index is 0.00190. The minimum atomic E-state index is -0.970. The van der Waals surface area contributed by atoms with Crippen LogP contribution < -0.4 is 10.2 Å². The van der Waals surface area contributed by atoms with Crippen LogP contribution in [0.4, 0.5) is 22.2 Å². The van der Waals surface area contributed by atoms with Crippen molar-refractivity contribution < 1.29 is 14.8 Å². The van der Waals surface area contributed by atoms with Gasteiger partial charge >= 0.3 is 6.09 Å². The summed E-state index contributed by atoms with van der Waals surface area (Å²) < 4.78 is 0. The third kappa shape index (κ3) is 6.17. The number of anilines is 2. The second kappa shape index (κ2) is 10.9. The number of carbonyl (C=O) groups is 1. The summed E-state index contributed by atoms with van der Waals surface area (Å²) in [7, 11) is 4.05. The van der Waals surface area contributed by atoms with E-state index in [9.17, 15) is 20.0 Å². The first kappa shape index (κ1) is 24.7. The molecule has 2 N–H and O–H groups in total. The molecule has 0 bridgehead atoms. The van der Waals surface area contributed by atoms with Gasteiger partial charge in [-0.25, -0.2) is 9.78 Å². The average Bonchev–Trinajstić information content (AvgIpc) is 2.84. The number of hydrogen-bond donors (Lipinski definition) is 2. The lowest BCUT2D eigenvalue weighted by Crippen LogP contribution is -2.37. The topological polar surface area (TPSA) is 125 Å². The normalized spacial score (nSPS) is 19.5. The molecular weight excluding hydrogens is 448 g/mol. The maximum atomic E-state index is 11.8. The number of rotatable bonds is 8. The van der Waals surface area contributed by atoms with Gasteiger partial charge in [0.05, 0.1) is 10.6 Å². The van der Waals surface area contributed by atoms with E-state index in [2.05, 4.69) is 10.2 Å². The first-order valence-corrected chi connectivity index (χ1v) is 12.3. The van der Waals surface area contributed by atoms with Crippen molar-refractivity contribution in [2.75, 3.05) is 30.9 Å². The van der Waals surface area contributed by atoms with Crippen molar-refractivity contribution in [1.82, 2.24) is 14.9 Å². The van der Waals surface area contributed by atoms with Gasteiger partial charge in [0.1, 0.15) is 5.82 Å². The quantitative estimate of drug-likeness (QED) is 0.417. The van der Waals surface area contributed by atoms with E-state index in [1.165, 1.54) is 35.4 Å². The molecule has 10 nitrogen and oxygen atoms in total. The third-order valence-corrected chi connectivity index (χ3v) is 7.03. The van der Waals surface area contributed by atoms with Gasteiger partial charge in [0.15, 0.2) is 0 Å². The van der Waals surface area contributed by atoms with E-state index in [-0.39, 0.29) is 24.2 Å². The highest BCUT2D eigenvalue weighted by Gasteiger charge is 2.26. The molecule has 2 aliphatic rings. The molecule has 10 heteroatoms. The Balaban J connectivity index is 1.33. The van der Waals surface area contributed by atoms with Crippen molar-refractivity contribution in [3.8, 4) is 0 Å². The molecule has 1 heterocycles. The highest BCUT2D eigenvalue weighted by molar-refractivity contribution is 5.65. The fraction of sp³-hybridized carbons (Fsp3) is 0.560. The summed E-state index contributed by atoms with van der Waals surface area (Å²) in [5, 5.41) is 24.1. The largest absolute Gasteiger partial charge is 0.465 e. The molecule has 1 fully saturated rings.